The van der Waals surface area contributed by atoms with E-state index in [1.165, 1.54) is 0 Å². The molecule has 0 radical (unpaired) electrons. The van der Waals surface area contributed by atoms with Crippen molar-refractivity contribution in [3.8, 4) is 0 Å². The highest BCUT2D eigenvalue weighted by Crippen LogP contribution is 2.13. The van der Waals surface area contributed by atoms with E-state index in [4.69, 9.17) is 0 Å². The summed E-state index contributed by atoms with van der Waals surface area (Å²) in [5.41, 5.74) is 0.676. The number of hydrogen-bond acceptors (Lipinski definition) is 4. The molecule has 0 bridgehead atoms. The molecule has 0 atom stereocenters. The first-order chi connectivity index (χ1) is 9.55. The predicted octanol–water partition coefficient (Wildman–Crippen LogP) is 1.62. The van der Waals surface area contributed by atoms with E-state index in [0.717, 1.165) is 25.8 Å². The molecule has 0 aliphatic carbocycles. The molecule has 3 N–H and O–H groups in total. The van der Waals surface area contributed by atoms with Gasteiger partial charge in [0, 0.05) is 18.7 Å². The van der Waals surface area contributed by atoms with Crippen molar-refractivity contribution >= 4 is 10.0 Å². The lowest BCUT2D eigenvalue weighted by atomic mass is 10.0. The Balaban J connectivity index is 2.70. The van der Waals surface area contributed by atoms with Gasteiger partial charge in [0.1, 0.15) is 0 Å². The molecule has 1 aromatic rings. The molecule has 1 heterocycles. The Kier molecular flexibility index (Phi) is 7.18. The number of sulfonamides is 1. The highest BCUT2D eigenvalue weighted by Gasteiger charge is 2.21. The minimum absolute atomic E-state index is 0.173. The molecule has 0 fully saturated rings. The van der Waals surface area contributed by atoms with Crippen molar-refractivity contribution < 1.29 is 8.42 Å². The van der Waals surface area contributed by atoms with Crippen LogP contribution in [0, 0.1) is 5.92 Å². The number of rotatable bonds is 10. The van der Waals surface area contributed by atoms with Gasteiger partial charge in [-0.25, -0.2) is 13.1 Å². The molecule has 0 spiro atoms. The van der Waals surface area contributed by atoms with E-state index in [2.05, 4.69) is 41.0 Å². The topological polar surface area (TPSA) is 86.9 Å². The first-order valence-corrected chi connectivity index (χ1v) is 8.76. The minimum atomic E-state index is -3.51. The van der Waals surface area contributed by atoms with Gasteiger partial charge < -0.3 is 5.32 Å². The lowest BCUT2D eigenvalue weighted by Crippen LogP contribution is -2.30. The van der Waals surface area contributed by atoms with Gasteiger partial charge in [0.15, 0.2) is 5.03 Å². The van der Waals surface area contributed by atoms with Crippen LogP contribution in [0.1, 0.15) is 45.6 Å². The largest absolute Gasteiger partial charge is 0.313 e. The number of nitrogens with one attached hydrogen (secondary N) is 3. The van der Waals surface area contributed by atoms with E-state index in [9.17, 15) is 8.42 Å². The number of hydrogen-bond donors (Lipinski definition) is 3. The van der Waals surface area contributed by atoms with E-state index in [1.807, 2.05) is 0 Å². The van der Waals surface area contributed by atoms with Crippen LogP contribution in [-0.4, -0.2) is 31.7 Å². The van der Waals surface area contributed by atoms with Gasteiger partial charge in [0.2, 0.25) is 0 Å². The molecule has 0 unspecified atom stereocenters. The van der Waals surface area contributed by atoms with Gasteiger partial charge in [0.25, 0.3) is 10.0 Å². The zero-order valence-electron chi connectivity index (χ0n) is 12.6. The summed E-state index contributed by atoms with van der Waals surface area (Å²) < 4.78 is 27.2. The van der Waals surface area contributed by atoms with Crippen LogP contribution in [0.4, 0.5) is 0 Å². The molecule has 0 saturated carbocycles. The van der Waals surface area contributed by atoms with Crippen LogP contribution >= 0.6 is 0 Å². The monoisotopic (exact) mass is 302 g/mol. The fraction of sp³-hybridized carbons (Fsp3) is 0.769. The molecule has 0 aromatic carbocycles. The lowest BCUT2D eigenvalue weighted by Gasteiger charge is -2.13. The van der Waals surface area contributed by atoms with Crippen LogP contribution in [0.25, 0.3) is 0 Å². The quantitative estimate of drug-likeness (QED) is 0.573. The second-order valence-corrected chi connectivity index (χ2v) is 6.64. The van der Waals surface area contributed by atoms with Gasteiger partial charge in [-0.3, -0.25) is 5.10 Å². The third kappa shape index (κ3) is 4.88. The van der Waals surface area contributed by atoms with Crippen LogP contribution in [0.15, 0.2) is 11.2 Å². The van der Waals surface area contributed by atoms with Crippen LogP contribution in [0.5, 0.6) is 0 Å². The summed E-state index contributed by atoms with van der Waals surface area (Å²) in [6.07, 6.45) is 4.50. The van der Waals surface area contributed by atoms with Crippen molar-refractivity contribution in [2.75, 3.05) is 13.1 Å². The first-order valence-electron chi connectivity index (χ1n) is 7.27. The van der Waals surface area contributed by atoms with Crippen molar-refractivity contribution in [3.05, 3.63) is 11.8 Å². The number of nitrogens with zero attached hydrogens (tertiary/aromatic N) is 1. The molecule has 116 valence electrons. The second-order valence-electron chi connectivity index (χ2n) is 4.94. The molecule has 0 amide bonds. The second kappa shape index (κ2) is 8.39. The average molecular weight is 302 g/mol. The molecule has 0 aliphatic heterocycles. The van der Waals surface area contributed by atoms with Gasteiger partial charge in [-0.15, -0.1) is 0 Å². The third-order valence-electron chi connectivity index (χ3n) is 3.41. The van der Waals surface area contributed by atoms with Crippen molar-refractivity contribution in [1.29, 1.82) is 0 Å². The Hall–Kier alpha value is -0.920. The summed E-state index contributed by atoms with van der Waals surface area (Å²) in [5, 5.41) is 9.80. The normalized spacial score (nSPS) is 12.2. The van der Waals surface area contributed by atoms with Gasteiger partial charge in [-0.2, -0.15) is 5.10 Å². The number of H-pyrrole nitrogens is 1. The van der Waals surface area contributed by atoms with Crippen LogP contribution in [0.2, 0.25) is 0 Å². The smallest absolute Gasteiger partial charge is 0.257 e. The predicted molar refractivity (Wildman–Crippen MR) is 79.8 cm³/mol. The van der Waals surface area contributed by atoms with Crippen molar-refractivity contribution in [1.82, 2.24) is 20.2 Å². The number of aromatic amines is 1. The maximum Gasteiger partial charge on any atom is 0.257 e. The van der Waals surface area contributed by atoms with Crippen molar-refractivity contribution in [3.63, 3.8) is 0 Å². The minimum Gasteiger partial charge on any atom is -0.313 e. The molecule has 6 nitrogen and oxygen atoms in total. The maximum absolute atomic E-state index is 12.3. The van der Waals surface area contributed by atoms with Crippen LogP contribution in [-0.2, 0) is 16.6 Å². The summed E-state index contributed by atoms with van der Waals surface area (Å²) in [4.78, 5) is 0. The summed E-state index contributed by atoms with van der Waals surface area (Å²) in [5.74, 6) is 0.370. The van der Waals surface area contributed by atoms with Gasteiger partial charge in [-0.1, -0.05) is 33.6 Å². The van der Waals surface area contributed by atoms with E-state index in [0.29, 0.717) is 24.6 Å². The molecule has 0 saturated heterocycles. The van der Waals surface area contributed by atoms with E-state index >= 15 is 0 Å². The Morgan fingerprint density at radius 1 is 1.30 bits per heavy atom. The molecular formula is C13H26N4O2S. The Morgan fingerprint density at radius 3 is 2.60 bits per heavy atom. The fourth-order valence-corrected chi connectivity index (χ4v) is 3.18. The zero-order chi connectivity index (χ0) is 15.0. The van der Waals surface area contributed by atoms with Gasteiger partial charge in [0.05, 0.1) is 6.20 Å². The SMILES string of the molecule is CCCNCc1cn[nH]c1S(=O)(=O)NCC(CC)CC. The third-order valence-corrected chi connectivity index (χ3v) is 4.84. The Labute approximate surface area is 121 Å². The summed E-state index contributed by atoms with van der Waals surface area (Å²) >= 11 is 0. The number of aromatic nitrogens is 2. The van der Waals surface area contributed by atoms with Gasteiger partial charge in [-0.05, 0) is 18.9 Å². The Morgan fingerprint density at radius 2 is 2.00 bits per heavy atom. The van der Waals surface area contributed by atoms with Gasteiger partial charge >= 0.3 is 0 Å². The maximum atomic E-state index is 12.3. The molecule has 1 rings (SSSR count). The molecule has 20 heavy (non-hydrogen) atoms. The summed E-state index contributed by atoms with van der Waals surface area (Å²) in [6.45, 7) is 8.03. The lowest BCUT2D eigenvalue weighted by molar-refractivity contribution is 0.477. The molecule has 1 aromatic heterocycles. The fourth-order valence-electron chi connectivity index (χ4n) is 1.93. The molecular weight excluding hydrogens is 276 g/mol. The van der Waals surface area contributed by atoms with E-state index in [1.54, 1.807) is 6.20 Å². The average Bonchev–Trinajstić information content (AvgIpc) is 2.89. The zero-order valence-corrected chi connectivity index (χ0v) is 13.4. The molecule has 7 heteroatoms. The summed E-state index contributed by atoms with van der Waals surface area (Å²) in [7, 11) is -3.51. The highest BCUT2D eigenvalue weighted by molar-refractivity contribution is 7.89. The standard InChI is InChI=1S/C13H26N4O2S/c1-4-7-14-9-12-10-15-17-13(12)20(18,19)16-8-11(5-2)6-3/h10-11,14,16H,4-9H2,1-3H3,(H,15,17). The van der Waals surface area contributed by atoms with Crippen molar-refractivity contribution in [2.24, 2.45) is 5.92 Å². The van der Waals surface area contributed by atoms with Crippen LogP contribution in [0.3, 0.4) is 0 Å². The summed E-state index contributed by atoms with van der Waals surface area (Å²) in [6, 6.07) is 0. The molecule has 0 aliphatic rings. The Bertz CT molecular complexity index is 480. The van der Waals surface area contributed by atoms with Crippen molar-refractivity contribution in [2.45, 2.75) is 51.6 Å². The first kappa shape index (κ1) is 17.1. The van der Waals surface area contributed by atoms with Crippen LogP contribution < -0.4 is 10.0 Å². The van der Waals surface area contributed by atoms with E-state index in [-0.39, 0.29) is 5.03 Å². The highest BCUT2D eigenvalue weighted by atomic mass is 32.2. The van der Waals surface area contributed by atoms with E-state index < -0.39 is 10.0 Å².